The Balaban J connectivity index is 1.41. The summed E-state index contributed by atoms with van der Waals surface area (Å²) in [5.74, 6) is -0.675. The van der Waals surface area contributed by atoms with Gasteiger partial charge in [0.15, 0.2) is 0 Å². The van der Waals surface area contributed by atoms with E-state index in [2.05, 4.69) is 10.3 Å². The zero-order valence-electron chi connectivity index (χ0n) is 18.5. The van der Waals surface area contributed by atoms with Crippen LogP contribution in [-0.2, 0) is 0 Å². The molecular weight excluding hydrogens is 444 g/mol. The van der Waals surface area contributed by atoms with Crippen LogP contribution in [-0.4, -0.2) is 23.7 Å². The highest BCUT2D eigenvalue weighted by Gasteiger charge is 2.11. The van der Waals surface area contributed by atoms with E-state index in [1.807, 2.05) is 6.07 Å². The Bertz CT molecular complexity index is 1460. The number of fused-ring (bicyclic) bond motifs is 1. The molecule has 9 nitrogen and oxygen atoms in total. The quantitative estimate of drug-likeness (QED) is 0.0993. The third kappa shape index (κ3) is 5.60. The first-order chi connectivity index (χ1) is 16.8. The number of benzene rings is 4. The lowest BCUT2D eigenvalue weighted by molar-refractivity contribution is 0.0734. The van der Waals surface area contributed by atoms with Gasteiger partial charge in [0, 0.05) is 16.8 Å². The molecule has 0 spiro atoms. The number of nitrogens with one attached hydrogen (secondary N) is 2. The molecule has 0 aromatic heterocycles. The number of anilines is 1. The van der Waals surface area contributed by atoms with Gasteiger partial charge >= 0.3 is 5.97 Å². The van der Waals surface area contributed by atoms with Crippen LogP contribution in [0.5, 0.6) is 5.75 Å². The zero-order chi connectivity index (χ0) is 24.9. The number of nitrogens with zero attached hydrogens (tertiary/aromatic N) is 1. The molecule has 8 N–H and O–H groups in total. The van der Waals surface area contributed by atoms with Gasteiger partial charge < -0.3 is 21.9 Å². The minimum atomic E-state index is -0.537. The van der Waals surface area contributed by atoms with Crippen molar-refractivity contribution >= 4 is 45.8 Å². The van der Waals surface area contributed by atoms with E-state index in [-0.39, 0.29) is 11.8 Å². The summed E-state index contributed by atoms with van der Waals surface area (Å²) < 4.78 is 5.48. The Kier molecular flexibility index (Phi) is 6.41. The Morgan fingerprint density at radius 1 is 0.771 bits per heavy atom. The molecule has 4 aromatic carbocycles. The normalized spacial score (nSPS) is 11.1. The van der Waals surface area contributed by atoms with Gasteiger partial charge in [0.25, 0.3) is 5.91 Å². The third-order valence-corrected chi connectivity index (χ3v) is 5.10. The molecule has 0 aliphatic carbocycles. The highest BCUT2D eigenvalue weighted by atomic mass is 16.5. The summed E-state index contributed by atoms with van der Waals surface area (Å²) in [7, 11) is 0. The highest BCUT2D eigenvalue weighted by Crippen LogP contribution is 2.23. The molecule has 174 valence electrons. The lowest BCUT2D eigenvalue weighted by atomic mass is 10.1. The maximum Gasteiger partial charge on any atom is 0.343 e. The van der Waals surface area contributed by atoms with Crippen LogP contribution in [0.15, 0.2) is 89.9 Å². The molecule has 0 radical (unpaired) electrons. The van der Waals surface area contributed by atoms with Gasteiger partial charge in [0.1, 0.15) is 11.6 Å². The van der Waals surface area contributed by atoms with Gasteiger partial charge in [-0.3, -0.25) is 15.5 Å². The van der Waals surface area contributed by atoms with Crippen molar-refractivity contribution in [2.75, 3.05) is 5.73 Å². The van der Waals surface area contributed by atoms with Crippen molar-refractivity contribution in [3.05, 3.63) is 102 Å². The predicted octanol–water partition coefficient (Wildman–Crippen LogP) is 3.30. The van der Waals surface area contributed by atoms with Crippen molar-refractivity contribution in [2.24, 2.45) is 16.5 Å². The second-order valence-electron chi connectivity index (χ2n) is 7.65. The zero-order valence-corrected chi connectivity index (χ0v) is 18.5. The first kappa shape index (κ1) is 23.0. The van der Waals surface area contributed by atoms with Crippen molar-refractivity contribution in [1.82, 2.24) is 5.32 Å². The number of carbonyl (C=O) groups is 2. The number of ether oxygens (including phenoxy) is 1. The van der Waals surface area contributed by atoms with Gasteiger partial charge in [-0.15, -0.1) is 0 Å². The average Bonchev–Trinajstić information content (AvgIpc) is 2.84. The Morgan fingerprint density at radius 3 is 2.06 bits per heavy atom. The second kappa shape index (κ2) is 9.75. The standard InChI is InChI=1S/C26H22N6O3/c27-20-8-3-15(4-9-20)24(33)32-26(30)31-21-10-5-16(6-11-21)25(34)35-22-12-7-17-13-19(23(28)29)2-1-18(17)14-22/h1-14H,27H2,(H3,28,29)(H3,30,31,32,33). The third-order valence-electron chi connectivity index (χ3n) is 5.10. The molecular formula is C26H22N6O3. The lowest BCUT2D eigenvalue weighted by Crippen LogP contribution is -2.36. The van der Waals surface area contributed by atoms with Crippen LogP contribution >= 0.6 is 0 Å². The summed E-state index contributed by atoms with van der Waals surface area (Å²) in [5.41, 5.74) is 19.3. The predicted molar refractivity (Wildman–Crippen MR) is 136 cm³/mol. The SMILES string of the molecule is N=C(N)c1ccc2cc(OC(=O)c3ccc(N=C(N)NC(=O)c4ccc(N)cc4)cc3)ccc2c1. The molecule has 0 atom stereocenters. The van der Waals surface area contributed by atoms with Crippen molar-refractivity contribution in [3.63, 3.8) is 0 Å². The Labute approximate surface area is 200 Å². The molecule has 0 saturated heterocycles. The molecule has 35 heavy (non-hydrogen) atoms. The fourth-order valence-corrected chi connectivity index (χ4v) is 3.28. The van der Waals surface area contributed by atoms with Gasteiger partial charge in [-0.1, -0.05) is 18.2 Å². The number of hydrogen-bond donors (Lipinski definition) is 5. The van der Waals surface area contributed by atoms with Crippen LogP contribution in [0, 0.1) is 5.41 Å². The summed E-state index contributed by atoms with van der Waals surface area (Å²) in [5, 5.41) is 11.8. The van der Waals surface area contributed by atoms with Crippen molar-refractivity contribution < 1.29 is 14.3 Å². The topological polar surface area (TPSA) is 170 Å². The van der Waals surface area contributed by atoms with E-state index in [9.17, 15) is 9.59 Å². The minimum absolute atomic E-state index is 0.0128. The van der Waals surface area contributed by atoms with Crippen LogP contribution in [0.25, 0.3) is 10.8 Å². The number of rotatable bonds is 5. The molecule has 1 amide bonds. The van der Waals surface area contributed by atoms with Gasteiger partial charge in [-0.2, -0.15) is 0 Å². The average molecular weight is 467 g/mol. The fourth-order valence-electron chi connectivity index (χ4n) is 3.28. The maximum absolute atomic E-state index is 12.6. The number of hydrogen-bond acceptors (Lipinski definition) is 6. The minimum Gasteiger partial charge on any atom is -0.423 e. The number of guanidine groups is 1. The van der Waals surface area contributed by atoms with E-state index in [0.717, 1.165) is 10.8 Å². The molecule has 4 aromatic rings. The van der Waals surface area contributed by atoms with Crippen molar-refractivity contribution in [2.45, 2.75) is 0 Å². The largest absolute Gasteiger partial charge is 0.423 e. The van der Waals surface area contributed by atoms with Crippen LogP contribution in [0.1, 0.15) is 26.3 Å². The number of esters is 1. The molecule has 0 fully saturated rings. The Hall–Kier alpha value is -5.18. The Morgan fingerprint density at radius 2 is 1.37 bits per heavy atom. The van der Waals surface area contributed by atoms with E-state index < -0.39 is 11.9 Å². The molecule has 0 aliphatic heterocycles. The molecule has 0 bridgehead atoms. The van der Waals surface area contributed by atoms with E-state index in [1.165, 1.54) is 0 Å². The molecule has 0 saturated carbocycles. The van der Waals surface area contributed by atoms with E-state index >= 15 is 0 Å². The maximum atomic E-state index is 12.6. The smallest absolute Gasteiger partial charge is 0.343 e. The van der Waals surface area contributed by atoms with Crippen molar-refractivity contribution in [1.29, 1.82) is 5.41 Å². The number of amidine groups is 1. The number of nitrogen functional groups attached to an aromatic ring is 2. The summed E-state index contributed by atoms with van der Waals surface area (Å²) in [6.07, 6.45) is 0. The molecule has 0 aliphatic rings. The first-order valence-corrected chi connectivity index (χ1v) is 10.5. The van der Waals surface area contributed by atoms with Crippen LogP contribution in [0.4, 0.5) is 11.4 Å². The number of carbonyl (C=O) groups excluding carboxylic acids is 2. The van der Waals surface area contributed by atoms with Gasteiger partial charge in [-0.25, -0.2) is 9.79 Å². The first-order valence-electron chi connectivity index (χ1n) is 10.5. The monoisotopic (exact) mass is 466 g/mol. The second-order valence-corrected chi connectivity index (χ2v) is 7.65. The van der Waals surface area contributed by atoms with Gasteiger partial charge in [-0.05, 0) is 77.5 Å². The van der Waals surface area contributed by atoms with Crippen LogP contribution in [0.3, 0.4) is 0 Å². The van der Waals surface area contributed by atoms with E-state index in [4.69, 9.17) is 27.3 Å². The number of nitrogens with two attached hydrogens (primary N) is 3. The fraction of sp³-hybridized carbons (Fsp3) is 0. The molecule has 0 unspecified atom stereocenters. The lowest BCUT2D eigenvalue weighted by Gasteiger charge is -2.07. The van der Waals surface area contributed by atoms with E-state index in [0.29, 0.717) is 33.8 Å². The van der Waals surface area contributed by atoms with Gasteiger partial charge in [0.05, 0.1) is 11.3 Å². The molecule has 4 rings (SSSR count). The summed E-state index contributed by atoms with van der Waals surface area (Å²) in [6, 6.07) is 23.2. The number of amides is 1. The number of aliphatic imine (C=N–C) groups is 1. The van der Waals surface area contributed by atoms with E-state index in [1.54, 1.807) is 78.9 Å². The summed E-state index contributed by atoms with van der Waals surface area (Å²) in [4.78, 5) is 28.9. The highest BCUT2D eigenvalue weighted by molar-refractivity contribution is 6.06. The molecule has 0 heterocycles. The summed E-state index contributed by atoms with van der Waals surface area (Å²) in [6.45, 7) is 0. The summed E-state index contributed by atoms with van der Waals surface area (Å²) >= 11 is 0. The van der Waals surface area contributed by atoms with Crippen LogP contribution in [0.2, 0.25) is 0 Å². The van der Waals surface area contributed by atoms with Crippen LogP contribution < -0.4 is 27.3 Å². The van der Waals surface area contributed by atoms with Crippen molar-refractivity contribution in [3.8, 4) is 5.75 Å². The van der Waals surface area contributed by atoms with Gasteiger partial charge in [0.2, 0.25) is 5.96 Å². The molecule has 9 heteroatoms.